The van der Waals surface area contributed by atoms with Gasteiger partial charge in [-0.3, -0.25) is 0 Å². The van der Waals surface area contributed by atoms with E-state index in [-0.39, 0.29) is 0 Å². The molecule has 2 atom stereocenters. The van der Waals surface area contributed by atoms with E-state index in [2.05, 4.69) is 16.9 Å². The maximum atomic E-state index is 13.1. The molecule has 0 aromatic carbocycles. The van der Waals surface area contributed by atoms with Gasteiger partial charge in [0.25, 0.3) is 0 Å². The summed E-state index contributed by atoms with van der Waals surface area (Å²) in [6.07, 6.45) is 4.99. The molecule has 0 aliphatic carbocycles. The van der Waals surface area contributed by atoms with Gasteiger partial charge in [0.1, 0.15) is 0 Å². The van der Waals surface area contributed by atoms with Crippen LogP contribution in [0.1, 0.15) is 43.4 Å². The van der Waals surface area contributed by atoms with Crippen molar-refractivity contribution in [1.29, 1.82) is 0 Å². The summed E-state index contributed by atoms with van der Waals surface area (Å²) in [5.74, 6) is -0.474. The standard InChI is InChI=1S/C15H21FN2O/c1-10-13(6-7-14(16)17-10)15(19)8-11-4-3-5-12(9-15)18(11)2/h6-7,11-12,19H,3-5,8-9H2,1-2H3. The predicted molar refractivity (Wildman–Crippen MR) is 71.3 cm³/mol. The molecule has 1 aromatic rings. The number of aromatic nitrogens is 1. The number of pyridine rings is 1. The number of nitrogens with zero attached hydrogens (tertiary/aromatic N) is 2. The van der Waals surface area contributed by atoms with Crippen molar-refractivity contribution in [3.05, 3.63) is 29.3 Å². The highest BCUT2D eigenvalue weighted by Crippen LogP contribution is 2.44. The Morgan fingerprint density at radius 2 is 1.95 bits per heavy atom. The fourth-order valence-electron chi connectivity index (χ4n) is 3.89. The van der Waals surface area contributed by atoms with E-state index < -0.39 is 11.5 Å². The molecule has 3 nitrogen and oxygen atoms in total. The van der Waals surface area contributed by atoms with Gasteiger partial charge in [0, 0.05) is 23.3 Å². The molecule has 2 saturated heterocycles. The van der Waals surface area contributed by atoms with Gasteiger partial charge in [0.15, 0.2) is 0 Å². The highest BCUT2D eigenvalue weighted by molar-refractivity contribution is 5.28. The minimum atomic E-state index is -0.840. The molecule has 104 valence electrons. The second-order valence-corrected chi connectivity index (χ2v) is 6.11. The molecule has 2 fully saturated rings. The van der Waals surface area contributed by atoms with Crippen LogP contribution in [0.2, 0.25) is 0 Å². The number of hydrogen-bond donors (Lipinski definition) is 1. The van der Waals surface area contributed by atoms with E-state index in [0.717, 1.165) is 31.2 Å². The first-order valence-electron chi connectivity index (χ1n) is 7.07. The van der Waals surface area contributed by atoms with Crippen molar-refractivity contribution in [3.63, 3.8) is 0 Å². The molecule has 2 unspecified atom stereocenters. The van der Waals surface area contributed by atoms with E-state index >= 15 is 0 Å². The number of hydrogen-bond acceptors (Lipinski definition) is 3. The molecule has 4 heteroatoms. The van der Waals surface area contributed by atoms with Gasteiger partial charge >= 0.3 is 0 Å². The van der Waals surface area contributed by atoms with Gasteiger partial charge in [-0.25, -0.2) is 4.98 Å². The average Bonchev–Trinajstić information content (AvgIpc) is 2.31. The fraction of sp³-hybridized carbons (Fsp3) is 0.667. The number of halogens is 1. The monoisotopic (exact) mass is 264 g/mol. The van der Waals surface area contributed by atoms with Crippen molar-refractivity contribution < 1.29 is 9.50 Å². The fourth-order valence-corrected chi connectivity index (χ4v) is 3.89. The van der Waals surface area contributed by atoms with Crippen LogP contribution in [0.4, 0.5) is 4.39 Å². The first kappa shape index (κ1) is 13.0. The second-order valence-electron chi connectivity index (χ2n) is 6.11. The Balaban J connectivity index is 1.95. The lowest BCUT2D eigenvalue weighted by Crippen LogP contribution is -2.55. The Morgan fingerprint density at radius 1 is 1.32 bits per heavy atom. The van der Waals surface area contributed by atoms with Crippen molar-refractivity contribution in [1.82, 2.24) is 9.88 Å². The van der Waals surface area contributed by atoms with Crippen molar-refractivity contribution in [2.75, 3.05) is 7.05 Å². The smallest absolute Gasteiger partial charge is 0.213 e. The summed E-state index contributed by atoms with van der Waals surface area (Å²) >= 11 is 0. The molecule has 19 heavy (non-hydrogen) atoms. The lowest BCUT2D eigenvalue weighted by atomic mass is 9.72. The van der Waals surface area contributed by atoms with Crippen LogP contribution < -0.4 is 0 Å². The number of fused-ring (bicyclic) bond motifs is 2. The normalized spacial score (nSPS) is 35.4. The van der Waals surface area contributed by atoms with Crippen molar-refractivity contribution in [2.45, 2.75) is 56.7 Å². The van der Waals surface area contributed by atoms with Crippen LogP contribution in [-0.2, 0) is 5.60 Å². The summed E-state index contributed by atoms with van der Waals surface area (Å²) < 4.78 is 13.1. The van der Waals surface area contributed by atoms with Crippen LogP contribution in [0, 0.1) is 12.9 Å². The molecule has 2 aliphatic heterocycles. The van der Waals surface area contributed by atoms with Crippen molar-refractivity contribution in [3.8, 4) is 0 Å². The summed E-state index contributed by atoms with van der Waals surface area (Å²) in [7, 11) is 2.16. The third-order valence-electron chi connectivity index (χ3n) is 4.93. The maximum Gasteiger partial charge on any atom is 0.213 e. The number of rotatable bonds is 1. The van der Waals surface area contributed by atoms with E-state index in [1.54, 1.807) is 13.0 Å². The third-order valence-corrected chi connectivity index (χ3v) is 4.93. The molecule has 1 aromatic heterocycles. The first-order valence-corrected chi connectivity index (χ1v) is 7.07. The Bertz CT molecular complexity index is 477. The molecule has 0 saturated carbocycles. The van der Waals surface area contributed by atoms with Crippen LogP contribution in [0.3, 0.4) is 0 Å². The van der Waals surface area contributed by atoms with Gasteiger partial charge in [-0.1, -0.05) is 6.42 Å². The van der Waals surface area contributed by atoms with Crippen LogP contribution >= 0.6 is 0 Å². The predicted octanol–water partition coefficient (Wildman–Crippen LogP) is 2.36. The van der Waals surface area contributed by atoms with Crippen molar-refractivity contribution in [2.24, 2.45) is 0 Å². The minimum absolute atomic E-state index is 0.432. The Labute approximate surface area is 113 Å². The van der Waals surface area contributed by atoms with Crippen LogP contribution in [0.15, 0.2) is 12.1 Å². The van der Waals surface area contributed by atoms with E-state index in [9.17, 15) is 9.50 Å². The average molecular weight is 264 g/mol. The molecule has 3 rings (SSSR count). The van der Waals surface area contributed by atoms with Gasteiger partial charge in [0.05, 0.1) is 5.60 Å². The number of aryl methyl sites for hydroxylation is 1. The Morgan fingerprint density at radius 3 is 2.53 bits per heavy atom. The van der Waals surface area contributed by atoms with Gasteiger partial charge in [0.2, 0.25) is 5.95 Å². The second kappa shape index (κ2) is 4.53. The zero-order chi connectivity index (χ0) is 13.6. The molecular formula is C15H21FN2O. The van der Waals surface area contributed by atoms with Gasteiger partial charge < -0.3 is 10.0 Å². The number of piperidine rings is 2. The summed E-state index contributed by atoms with van der Waals surface area (Å²) in [4.78, 5) is 6.27. The van der Waals surface area contributed by atoms with Gasteiger partial charge in [-0.2, -0.15) is 4.39 Å². The highest BCUT2D eigenvalue weighted by atomic mass is 19.1. The quantitative estimate of drug-likeness (QED) is 0.791. The lowest BCUT2D eigenvalue weighted by molar-refractivity contribution is -0.0880. The van der Waals surface area contributed by atoms with E-state index in [0.29, 0.717) is 17.8 Å². The molecule has 2 bridgehead atoms. The SMILES string of the molecule is Cc1nc(F)ccc1C1(O)CC2CCCC(C1)N2C. The molecule has 0 radical (unpaired) electrons. The highest BCUT2D eigenvalue weighted by Gasteiger charge is 2.45. The van der Waals surface area contributed by atoms with E-state index in [1.807, 2.05) is 0 Å². The number of aliphatic hydroxyl groups is 1. The zero-order valence-electron chi connectivity index (χ0n) is 11.6. The summed E-state index contributed by atoms with van der Waals surface area (Å²) in [5.41, 5.74) is 0.580. The maximum absolute atomic E-state index is 13.1. The topological polar surface area (TPSA) is 36.4 Å². The molecule has 1 N–H and O–H groups in total. The van der Waals surface area contributed by atoms with Crippen molar-refractivity contribution >= 4 is 0 Å². The lowest BCUT2D eigenvalue weighted by Gasteiger charge is -2.51. The Hall–Kier alpha value is -1.00. The van der Waals surface area contributed by atoms with Gasteiger partial charge in [-0.05, 0) is 51.8 Å². The summed E-state index contributed by atoms with van der Waals surface area (Å²) in [6, 6.07) is 3.93. The van der Waals surface area contributed by atoms with E-state index in [1.165, 1.54) is 12.5 Å². The van der Waals surface area contributed by atoms with Crippen LogP contribution in [0.5, 0.6) is 0 Å². The summed E-state index contributed by atoms with van der Waals surface area (Å²) in [5, 5.41) is 11.0. The largest absolute Gasteiger partial charge is 0.385 e. The molecule has 2 aliphatic rings. The molecule has 0 amide bonds. The van der Waals surface area contributed by atoms with Gasteiger partial charge in [-0.15, -0.1) is 0 Å². The molecular weight excluding hydrogens is 243 g/mol. The van der Waals surface area contributed by atoms with Crippen LogP contribution in [0.25, 0.3) is 0 Å². The molecule has 3 heterocycles. The minimum Gasteiger partial charge on any atom is -0.385 e. The molecule has 0 spiro atoms. The Kier molecular flexibility index (Phi) is 3.10. The van der Waals surface area contributed by atoms with E-state index in [4.69, 9.17) is 0 Å². The zero-order valence-corrected chi connectivity index (χ0v) is 11.6. The third kappa shape index (κ3) is 2.17. The first-order chi connectivity index (χ1) is 8.99. The summed E-state index contributed by atoms with van der Waals surface area (Å²) in [6.45, 7) is 1.78. The van der Waals surface area contributed by atoms with Crippen LogP contribution in [-0.4, -0.2) is 34.1 Å².